The van der Waals surface area contributed by atoms with Crippen LogP contribution in [0.3, 0.4) is 0 Å². The molecule has 0 bridgehead atoms. The van der Waals surface area contributed by atoms with Crippen LogP contribution in [0.15, 0.2) is 0 Å². The van der Waals surface area contributed by atoms with Gasteiger partial charge in [0, 0.05) is 5.54 Å². The maximum atomic E-state index is 12.4. The second-order valence-electron chi connectivity index (χ2n) is 8.64. The highest BCUT2D eigenvalue weighted by atomic mass is 32.2. The van der Waals surface area contributed by atoms with Gasteiger partial charge in [-0.25, -0.2) is 13.7 Å². The third-order valence-corrected chi connectivity index (χ3v) is 5.94. The molecular weight excluding hydrogens is 314 g/mol. The van der Waals surface area contributed by atoms with E-state index in [1.807, 2.05) is 41.5 Å². The van der Waals surface area contributed by atoms with E-state index in [1.54, 1.807) is 0 Å². The molecule has 0 spiro atoms. The van der Waals surface area contributed by atoms with E-state index in [9.17, 15) is 9.00 Å². The Bertz CT molecular complexity index is 460. The summed E-state index contributed by atoms with van der Waals surface area (Å²) in [6.45, 7) is 13.8. The lowest BCUT2D eigenvalue weighted by Gasteiger charge is -2.26. The number of amides is 1. The molecule has 1 aliphatic carbocycles. The normalized spacial score (nSPS) is 29.6. The second kappa shape index (κ2) is 6.69. The van der Waals surface area contributed by atoms with Crippen molar-refractivity contribution < 1.29 is 13.7 Å². The van der Waals surface area contributed by atoms with Crippen LogP contribution < -0.4 is 15.4 Å². The number of carbonyl (C=O) groups is 1. The molecule has 2 fully saturated rings. The van der Waals surface area contributed by atoms with E-state index in [2.05, 4.69) is 15.4 Å². The molecule has 134 valence electrons. The maximum Gasteiger partial charge on any atom is 0.407 e. The predicted octanol–water partition coefficient (Wildman–Crippen LogP) is 1.40. The summed E-state index contributed by atoms with van der Waals surface area (Å²) in [4.78, 5) is 11.9. The van der Waals surface area contributed by atoms with Crippen LogP contribution in [0.2, 0.25) is 0 Å². The Morgan fingerprint density at radius 3 is 2.26 bits per heavy atom. The van der Waals surface area contributed by atoms with Crippen LogP contribution >= 0.6 is 0 Å². The predicted molar refractivity (Wildman–Crippen MR) is 92.4 cm³/mol. The number of rotatable bonds is 5. The van der Waals surface area contributed by atoms with Gasteiger partial charge in [-0.05, 0) is 72.4 Å². The number of hydrogen-bond acceptors (Lipinski definition) is 4. The largest absolute Gasteiger partial charge is 0.448 e. The Morgan fingerprint density at radius 1 is 1.22 bits per heavy atom. The first kappa shape index (κ1) is 18.7. The Labute approximate surface area is 142 Å². The van der Waals surface area contributed by atoms with Crippen LogP contribution in [-0.2, 0) is 15.7 Å². The first-order valence-electron chi connectivity index (χ1n) is 8.33. The molecule has 0 aromatic carbocycles. The third-order valence-electron chi connectivity index (χ3n) is 4.31. The van der Waals surface area contributed by atoms with Crippen LogP contribution in [0.4, 0.5) is 4.79 Å². The summed E-state index contributed by atoms with van der Waals surface area (Å²) in [6, 6.07) is -0.0575. The fourth-order valence-corrected chi connectivity index (χ4v) is 3.96. The van der Waals surface area contributed by atoms with Gasteiger partial charge in [0.1, 0.15) is 6.61 Å². The molecule has 1 amide bonds. The van der Waals surface area contributed by atoms with Gasteiger partial charge in [0.05, 0.1) is 21.8 Å². The summed E-state index contributed by atoms with van der Waals surface area (Å²) in [5.41, 5.74) is -0.325. The highest BCUT2D eigenvalue weighted by Crippen LogP contribution is 2.50. The molecule has 3 N–H and O–H groups in total. The van der Waals surface area contributed by atoms with Crippen molar-refractivity contribution in [3.63, 3.8) is 0 Å². The fraction of sp³-hybridized carbons (Fsp3) is 0.938. The second-order valence-corrected chi connectivity index (χ2v) is 10.6. The Kier molecular flexibility index (Phi) is 5.43. The van der Waals surface area contributed by atoms with E-state index < -0.39 is 17.1 Å². The highest BCUT2D eigenvalue weighted by Gasteiger charge is 2.56. The van der Waals surface area contributed by atoms with E-state index in [-0.39, 0.29) is 22.9 Å². The van der Waals surface area contributed by atoms with E-state index in [0.29, 0.717) is 17.8 Å². The van der Waals surface area contributed by atoms with Gasteiger partial charge in [0.25, 0.3) is 0 Å². The van der Waals surface area contributed by atoms with Crippen LogP contribution in [0.25, 0.3) is 0 Å². The maximum absolute atomic E-state index is 12.4. The minimum absolute atomic E-state index is 0.0575. The SMILES string of the molecule is CC(C)(C)NC(=O)OC[C@H](NS(=O)C(C)(C)C)C1[C@@H]2CNC[C@@H]12. The summed E-state index contributed by atoms with van der Waals surface area (Å²) in [7, 11) is -1.17. The molecule has 2 aliphatic rings. The van der Waals surface area contributed by atoms with Gasteiger partial charge < -0.3 is 15.4 Å². The van der Waals surface area contributed by atoms with E-state index in [4.69, 9.17) is 4.74 Å². The number of ether oxygens (including phenoxy) is 1. The number of fused-ring (bicyclic) bond motifs is 1. The average molecular weight is 346 g/mol. The molecule has 1 unspecified atom stereocenters. The fourth-order valence-electron chi connectivity index (χ4n) is 3.11. The minimum atomic E-state index is -1.17. The first-order valence-corrected chi connectivity index (χ1v) is 9.48. The molecule has 0 radical (unpaired) electrons. The molecule has 1 heterocycles. The van der Waals surface area contributed by atoms with Crippen molar-refractivity contribution >= 4 is 17.1 Å². The molecule has 1 saturated carbocycles. The average Bonchev–Trinajstić information content (AvgIpc) is 2.84. The Hall–Kier alpha value is -0.660. The van der Waals surface area contributed by atoms with E-state index in [1.165, 1.54) is 0 Å². The number of nitrogens with one attached hydrogen (secondary N) is 3. The zero-order valence-corrected chi connectivity index (χ0v) is 15.9. The molecule has 7 heteroatoms. The summed E-state index contributed by atoms with van der Waals surface area (Å²) in [5.74, 6) is 1.66. The van der Waals surface area contributed by atoms with Crippen molar-refractivity contribution in [3.05, 3.63) is 0 Å². The molecule has 23 heavy (non-hydrogen) atoms. The van der Waals surface area contributed by atoms with Crippen molar-refractivity contribution in [3.8, 4) is 0 Å². The number of piperidine rings is 1. The quantitative estimate of drug-likeness (QED) is 0.704. The van der Waals surface area contributed by atoms with Crippen molar-refractivity contribution in [2.75, 3.05) is 19.7 Å². The van der Waals surface area contributed by atoms with Crippen LogP contribution in [-0.4, -0.2) is 46.3 Å². The van der Waals surface area contributed by atoms with Crippen LogP contribution in [0, 0.1) is 17.8 Å². The van der Waals surface area contributed by atoms with E-state index in [0.717, 1.165) is 13.1 Å². The minimum Gasteiger partial charge on any atom is -0.448 e. The van der Waals surface area contributed by atoms with Gasteiger partial charge in [-0.2, -0.15) is 0 Å². The zero-order chi connectivity index (χ0) is 17.4. The molecular formula is C16H31N3O3S. The van der Waals surface area contributed by atoms with Crippen molar-refractivity contribution in [2.24, 2.45) is 17.8 Å². The number of hydrogen-bond donors (Lipinski definition) is 3. The standard InChI is InChI=1S/C16H31N3O3S/c1-15(2,3)18-14(20)22-9-12(19-23(21)16(4,5)6)13-10-7-17-8-11(10)13/h10-13,17,19H,7-9H2,1-6H3,(H,18,20)/t10-,11-,12+,23?/m1/s1. The van der Waals surface area contributed by atoms with Gasteiger partial charge in [-0.3, -0.25) is 0 Å². The summed E-state index contributed by atoms with van der Waals surface area (Å²) >= 11 is 0. The Balaban J connectivity index is 1.92. The molecule has 1 saturated heterocycles. The third kappa shape index (κ3) is 5.16. The van der Waals surface area contributed by atoms with Gasteiger partial charge >= 0.3 is 6.09 Å². The Morgan fingerprint density at radius 2 is 1.78 bits per heavy atom. The number of alkyl carbamates (subject to hydrolysis) is 1. The van der Waals surface area contributed by atoms with Gasteiger partial charge in [-0.15, -0.1) is 0 Å². The van der Waals surface area contributed by atoms with Gasteiger partial charge in [0.2, 0.25) is 0 Å². The molecule has 4 atom stereocenters. The lowest BCUT2D eigenvalue weighted by molar-refractivity contribution is 0.124. The van der Waals surface area contributed by atoms with Crippen molar-refractivity contribution in [1.29, 1.82) is 0 Å². The van der Waals surface area contributed by atoms with Gasteiger partial charge in [0.15, 0.2) is 0 Å². The lowest BCUT2D eigenvalue weighted by Crippen LogP contribution is -2.47. The van der Waals surface area contributed by atoms with Crippen molar-refractivity contribution in [2.45, 2.75) is 57.9 Å². The number of carbonyl (C=O) groups excluding carboxylic acids is 1. The van der Waals surface area contributed by atoms with Crippen LogP contribution in [0.5, 0.6) is 0 Å². The molecule has 6 nitrogen and oxygen atoms in total. The summed E-state index contributed by atoms with van der Waals surface area (Å²) < 4.78 is 20.7. The lowest BCUT2D eigenvalue weighted by atomic mass is 10.1. The molecule has 0 aromatic rings. The zero-order valence-electron chi connectivity index (χ0n) is 15.1. The molecule has 2 rings (SSSR count). The van der Waals surface area contributed by atoms with Crippen LogP contribution in [0.1, 0.15) is 41.5 Å². The topological polar surface area (TPSA) is 79.5 Å². The monoisotopic (exact) mass is 345 g/mol. The molecule has 1 aliphatic heterocycles. The van der Waals surface area contributed by atoms with E-state index >= 15 is 0 Å². The van der Waals surface area contributed by atoms with Crippen molar-refractivity contribution in [1.82, 2.24) is 15.4 Å². The summed E-state index contributed by atoms with van der Waals surface area (Å²) in [5, 5.41) is 6.15. The van der Waals surface area contributed by atoms with Gasteiger partial charge in [-0.1, -0.05) is 0 Å². The highest BCUT2D eigenvalue weighted by molar-refractivity contribution is 7.84. The smallest absolute Gasteiger partial charge is 0.407 e. The summed E-state index contributed by atoms with van der Waals surface area (Å²) in [6.07, 6.45) is -0.422. The first-order chi connectivity index (χ1) is 10.5. The molecule has 0 aromatic heterocycles.